The number of aromatic nitrogens is 1. The van der Waals surface area contributed by atoms with Crippen LogP contribution in [0.15, 0.2) is 4.52 Å². The van der Waals surface area contributed by atoms with Crippen LogP contribution in [0.4, 0.5) is 0 Å². The average Bonchev–Trinajstić information content (AvgIpc) is 2.52. The summed E-state index contributed by atoms with van der Waals surface area (Å²) >= 11 is 0. The number of nitrogens with zero attached hydrogens (tertiary/aromatic N) is 1. The summed E-state index contributed by atoms with van der Waals surface area (Å²) in [5.74, 6) is 1.12. The maximum atomic E-state index is 5.39. The van der Waals surface area contributed by atoms with Gasteiger partial charge in [0.25, 0.3) is 0 Å². The van der Waals surface area contributed by atoms with Gasteiger partial charge in [-0.2, -0.15) is 0 Å². The van der Waals surface area contributed by atoms with Gasteiger partial charge in [0, 0.05) is 12.0 Å². The lowest BCUT2D eigenvalue weighted by Gasteiger charge is -2.00. The highest BCUT2D eigenvalue weighted by Gasteiger charge is 2.13. The first-order valence-electron chi connectivity index (χ1n) is 5.79. The fourth-order valence-corrected chi connectivity index (χ4v) is 1.77. The van der Waals surface area contributed by atoms with Crippen molar-refractivity contribution in [3.8, 4) is 0 Å². The molecule has 0 aliphatic heterocycles. The van der Waals surface area contributed by atoms with Gasteiger partial charge in [0.1, 0.15) is 5.76 Å². The van der Waals surface area contributed by atoms with Crippen LogP contribution in [0.3, 0.4) is 0 Å². The lowest BCUT2D eigenvalue weighted by atomic mass is 10.0. The second-order valence-electron chi connectivity index (χ2n) is 3.78. The summed E-state index contributed by atoms with van der Waals surface area (Å²) in [5, 5.41) is 4.17. The van der Waals surface area contributed by atoms with Crippen LogP contribution in [0.25, 0.3) is 0 Å². The Balaban J connectivity index is 2.82. The summed E-state index contributed by atoms with van der Waals surface area (Å²) in [5.41, 5.74) is 2.58. The lowest BCUT2D eigenvalue weighted by Crippen LogP contribution is -1.94. The zero-order valence-corrected chi connectivity index (χ0v) is 9.60. The van der Waals surface area contributed by atoms with Gasteiger partial charge in [-0.25, -0.2) is 0 Å². The van der Waals surface area contributed by atoms with E-state index in [-0.39, 0.29) is 0 Å². The van der Waals surface area contributed by atoms with E-state index in [1.54, 1.807) is 0 Å². The third kappa shape index (κ3) is 2.60. The molecule has 1 rings (SSSR count). The molecule has 0 N–H and O–H groups in total. The van der Waals surface area contributed by atoms with Gasteiger partial charge in [0.05, 0.1) is 5.69 Å². The maximum Gasteiger partial charge on any atom is 0.140 e. The third-order valence-corrected chi connectivity index (χ3v) is 2.41. The van der Waals surface area contributed by atoms with E-state index in [1.165, 1.54) is 17.7 Å². The second kappa shape index (κ2) is 5.84. The molecule has 0 radical (unpaired) electrons. The molecular formula is C12H21NO. The van der Waals surface area contributed by atoms with E-state index < -0.39 is 0 Å². The second-order valence-corrected chi connectivity index (χ2v) is 3.78. The quantitative estimate of drug-likeness (QED) is 0.694. The van der Waals surface area contributed by atoms with Gasteiger partial charge in [-0.1, -0.05) is 38.8 Å². The number of rotatable bonds is 6. The maximum absolute atomic E-state index is 5.39. The zero-order valence-electron chi connectivity index (χ0n) is 9.60. The Morgan fingerprint density at radius 1 is 0.929 bits per heavy atom. The van der Waals surface area contributed by atoms with E-state index in [1.807, 2.05) is 0 Å². The van der Waals surface area contributed by atoms with Crippen molar-refractivity contribution in [1.29, 1.82) is 0 Å². The first kappa shape index (κ1) is 11.3. The van der Waals surface area contributed by atoms with Crippen molar-refractivity contribution >= 4 is 0 Å². The normalized spacial score (nSPS) is 10.8. The first-order chi connectivity index (χ1) is 6.83. The van der Waals surface area contributed by atoms with Crippen LogP contribution in [0, 0.1) is 0 Å². The molecular weight excluding hydrogens is 174 g/mol. The minimum Gasteiger partial charge on any atom is -0.361 e. The third-order valence-electron chi connectivity index (χ3n) is 2.41. The van der Waals surface area contributed by atoms with Crippen LogP contribution in [-0.2, 0) is 19.3 Å². The summed E-state index contributed by atoms with van der Waals surface area (Å²) in [6.07, 6.45) is 6.67. The van der Waals surface area contributed by atoms with Crippen molar-refractivity contribution in [1.82, 2.24) is 5.16 Å². The van der Waals surface area contributed by atoms with Crippen LogP contribution >= 0.6 is 0 Å². The largest absolute Gasteiger partial charge is 0.361 e. The molecule has 0 aliphatic carbocycles. The highest BCUT2D eigenvalue weighted by atomic mass is 16.5. The molecule has 0 atom stereocenters. The Morgan fingerprint density at radius 3 is 2.14 bits per heavy atom. The van der Waals surface area contributed by atoms with Gasteiger partial charge < -0.3 is 4.52 Å². The molecule has 0 unspecified atom stereocenters. The Labute approximate surface area is 86.7 Å². The van der Waals surface area contributed by atoms with Crippen LogP contribution in [0.5, 0.6) is 0 Å². The van der Waals surface area contributed by atoms with E-state index >= 15 is 0 Å². The molecule has 0 amide bonds. The minimum atomic E-state index is 1.03. The predicted molar refractivity (Wildman–Crippen MR) is 58.5 cm³/mol. The molecule has 14 heavy (non-hydrogen) atoms. The molecule has 0 aromatic carbocycles. The van der Waals surface area contributed by atoms with Crippen molar-refractivity contribution in [2.45, 2.75) is 59.3 Å². The van der Waals surface area contributed by atoms with Crippen molar-refractivity contribution < 1.29 is 4.52 Å². The fraction of sp³-hybridized carbons (Fsp3) is 0.750. The van der Waals surface area contributed by atoms with Gasteiger partial charge in [-0.3, -0.25) is 0 Å². The standard InChI is InChI=1S/C12H21NO/c1-4-7-10-11(8-5-2)13-14-12(10)9-6-3/h4-9H2,1-3H3. The molecule has 80 valence electrons. The Bertz CT molecular complexity index is 242. The molecule has 0 saturated heterocycles. The van der Waals surface area contributed by atoms with Crippen LogP contribution in [0.2, 0.25) is 0 Å². The summed E-state index contributed by atoms with van der Waals surface area (Å²) < 4.78 is 5.39. The molecule has 0 fully saturated rings. The summed E-state index contributed by atoms with van der Waals surface area (Å²) in [7, 11) is 0. The van der Waals surface area contributed by atoms with Crippen molar-refractivity contribution in [2.75, 3.05) is 0 Å². The number of hydrogen-bond donors (Lipinski definition) is 0. The van der Waals surface area contributed by atoms with Gasteiger partial charge >= 0.3 is 0 Å². The molecule has 0 aliphatic rings. The Hall–Kier alpha value is -0.790. The molecule has 1 heterocycles. The average molecular weight is 195 g/mol. The molecule has 0 spiro atoms. The summed E-state index contributed by atoms with van der Waals surface area (Å²) in [6, 6.07) is 0. The first-order valence-corrected chi connectivity index (χ1v) is 5.79. The molecule has 1 aromatic rings. The smallest absolute Gasteiger partial charge is 0.140 e. The van der Waals surface area contributed by atoms with E-state index in [4.69, 9.17) is 4.52 Å². The fourth-order valence-electron chi connectivity index (χ4n) is 1.77. The summed E-state index contributed by atoms with van der Waals surface area (Å²) in [4.78, 5) is 0. The van der Waals surface area contributed by atoms with Crippen molar-refractivity contribution in [2.24, 2.45) is 0 Å². The highest BCUT2D eigenvalue weighted by molar-refractivity contribution is 5.23. The molecule has 2 nitrogen and oxygen atoms in total. The molecule has 2 heteroatoms. The highest BCUT2D eigenvalue weighted by Crippen LogP contribution is 2.19. The van der Waals surface area contributed by atoms with Gasteiger partial charge in [-0.05, 0) is 19.3 Å². The molecule has 0 saturated carbocycles. The SMILES string of the molecule is CCCc1noc(CCC)c1CCC. The van der Waals surface area contributed by atoms with Crippen LogP contribution in [0.1, 0.15) is 57.1 Å². The van der Waals surface area contributed by atoms with Crippen molar-refractivity contribution in [3.63, 3.8) is 0 Å². The van der Waals surface area contributed by atoms with Gasteiger partial charge in [-0.15, -0.1) is 0 Å². The minimum absolute atomic E-state index is 1.03. The van der Waals surface area contributed by atoms with E-state index in [0.29, 0.717) is 0 Å². The van der Waals surface area contributed by atoms with E-state index in [9.17, 15) is 0 Å². The van der Waals surface area contributed by atoms with Gasteiger partial charge in [0.2, 0.25) is 0 Å². The van der Waals surface area contributed by atoms with Crippen molar-refractivity contribution in [3.05, 3.63) is 17.0 Å². The number of hydrogen-bond acceptors (Lipinski definition) is 2. The van der Waals surface area contributed by atoms with E-state index in [2.05, 4.69) is 25.9 Å². The molecule has 0 bridgehead atoms. The van der Waals surface area contributed by atoms with Gasteiger partial charge in [0.15, 0.2) is 0 Å². The topological polar surface area (TPSA) is 26.0 Å². The molecule has 1 aromatic heterocycles. The Kier molecular flexibility index (Phi) is 4.71. The van der Waals surface area contributed by atoms with Crippen LogP contribution < -0.4 is 0 Å². The van der Waals surface area contributed by atoms with Crippen LogP contribution in [-0.4, -0.2) is 5.16 Å². The monoisotopic (exact) mass is 195 g/mol. The lowest BCUT2D eigenvalue weighted by molar-refractivity contribution is 0.375. The predicted octanol–water partition coefficient (Wildman–Crippen LogP) is 3.53. The van der Waals surface area contributed by atoms with E-state index in [0.717, 1.165) is 37.9 Å². The summed E-state index contributed by atoms with van der Waals surface area (Å²) in [6.45, 7) is 6.57. The zero-order chi connectivity index (χ0) is 10.4. The Morgan fingerprint density at radius 2 is 1.57 bits per heavy atom. The number of aryl methyl sites for hydroxylation is 2.